The van der Waals surface area contributed by atoms with Crippen molar-refractivity contribution in [2.75, 3.05) is 38.1 Å². The van der Waals surface area contributed by atoms with E-state index in [4.69, 9.17) is 18.9 Å². The minimum Gasteiger partial charge on any atom is -0.497 e. The Morgan fingerprint density at radius 3 is 1.97 bits per heavy atom. The Bertz CT molecular complexity index is 1130. The minimum absolute atomic E-state index is 0.216. The van der Waals surface area contributed by atoms with Crippen molar-refractivity contribution in [3.63, 3.8) is 0 Å². The summed E-state index contributed by atoms with van der Waals surface area (Å²) in [5.41, 5.74) is 1.38. The van der Waals surface area contributed by atoms with E-state index in [1.165, 1.54) is 24.3 Å². The summed E-state index contributed by atoms with van der Waals surface area (Å²) in [6.45, 7) is -0.653. The van der Waals surface area contributed by atoms with Gasteiger partial charge in [-0.3, -0.25) is 9.59 Å². The molecule has 2 N–H and O–H groups in total. The first-order valence-electron chi connectivity index (χ1n) is 10.2. The summed E-state index contributed by atoms with van der Waals surface area (Å²) >= 11 is 0. The largest absolute Gasteiger partial charge is 0.497 e. The molecule has 0 atom stereocenters. The van der Waals surface area contributed by atoms with E-state index < -0.39 is 18.5 Å². The van der Waals surface area contributed by atoms with E-state index in [0.29, 0.717) is 28.6 Å². The van der Waals surface area contributed by atoms with E-state index in [-0.39, 0.29) is 18.1 Å². The first-order valence-corrected chi connectivity index (χ1v) is 10.2. The fourth-order valence-corrected chi connectivity index (χ4v) is 2.82. The van der Waals surface area contributed by atoms with E-state index in [2.05, 4.69) is 10.6 Å². The molecule has 3 aromatic carbocycles. The normalized spacial score (nSPS) is 10.1. The Morgan fingerprint density at radius 2 is 1.29 bits per heavy atom. The molecule has 0 spiro atoms. The van der Waals surface area contributed by atoms with Crippen molar-refractivity contribution >= 4 is 29.2 Å². The third kappa shape index (κ3) is 7.27. The van der Waals surface area contributed by atoms with Crippen LogP contribution in [-0.4, -0.2) is 45.2 Å². The Hall–Kier alpha value is -4.53. The lowest BCUT2D eigenvalue weighted by molar-refractivity contribution is -0.119. The van der Waals surface area contributed by atoms with Gasteiger partial charge in [0.25, 0.3) is 11.8 Å². The Balaban J connectivity index is 1.42. The lowest BCUT2D eigenvalue weighted by Gasteiger charge is -2.09. The number of esters is 1. The third-order valence-electron chi connectivity index (χ3n) is 4.52. The lowest BCUT2D eigenvalue weighted by atomic mass is 10.2. The van der Waals surface area contributed by atoms with E-state index in [1.54, 1.807) is 62.8 Å². The summed E-state index contributed by atoms with van der Waals surface area (Å²) < 4.78 is 20.7. The number of methoxy groups -OCH3 is 2. The van der Waals surface area contributed by atoms with Gasteiger partial charge in [-0.05, 0) is 60.7 Å². The van der Waals surface area contributed by atoms with Crippen molar-refractivity contribution in [2.45, 2.75) is 0 Å². The summed E-state index contributed by atoms with van der Waals surface area (Å²) in [6, 6.07) is 19.7. The molecular formula is C25H24N2O7. The van der Waals surface area contributed by atoms with Gasteiger partial charge in [-0.25, -0.2) is 4.79 Å². The second-order valence-electron chi connectivity index (χ2n) is 6.95. The van der Waals surface area contributed by atoms with E-state index >= 15 is 0 Å². The van der Waals surface area contributed by atoms with Gasteiger partial charge in [0.15, 0.2) is 13.2 Å². The van der Waals surface area contributed by atoms with Crippen LogP contribution in [0.25, 0.3) is 0 Å². The molecule has 0 aliphatic carbocycles. The molecule has 2 amide bonds. The van der Waals surface area contributed by atoms with E-state index in [9.17, 15) is 14.4 Å². The monoisotopic (exact) mass is 464 g/mol. The summed E-state index contributed by atoms with van der Waals surface area (Å²) in [5, 5.41) is 5.33. The van der Waals surface area contributed by atoms with Gasteiger partial charge in [0, 0.05) is 17.4 Å². The van der Waals surface area contributed by atoms with Crippen molar-refractivity contribution in [3.05, 3.63) is 78.4 Å². The van der Waals surface area contributed by atoms with Gasteiger partial charge in [0.2, 0.25) is 0 Å². The first-order chi connectivity index (χ1) is 16.5. The van der Waals surface area contributed by atoms with Crippen LogP contribution in [0.3, 0.4) is 0 Å². The quantitative estimate of drug-likeness (QED) is 0.442. The summed E-state index contributed by atoms with van der Waals surface area (Å²) in [6.07, 6.45) is 0. The highest BCUT2D eigenvalue weighted by molar-refractivity contribution is 5.95. The molecular weight excluding hydrogens is 440 g/mol. The minimum atomic E-state index is -0.660. The van der Waals surface area contributed by atoms with Crippen LogP contribution in [0.15, 0.2) is 72.8 Å². The maximum Gasteiger partial charge on any atom is 0.338 e. The van der Waals surface area contributed by atoms with E-state index in [1.807, 2.05) is 0 Å². The number of anilines is 2. The molecule has 0 bridgehead atoms. The molecule has 0 heterocycles. The second kappa shape index (κ2) is 11.9. The number of hydrogen-bond acceptors (Lipinski definition) is 7. The Labute approximate surface area is 196 Å². The number of ether oxygens (including phenoxy) is 4. The van der Waals surface area contributed by atoms with Gasteiger partial charge in [0.05, 0.1) is 19.8 Å². The third-order valence-corrected chi connectivity index (χ3v) is 4.52. The van der Waals surface area contributed by atoms with Crippen molar-refractivity contribution in [1.29, 1.82) is 0 Å². The van der Waals surface area contributed by atoms with Gasteiger partial charge in [-0.15, -0.1) is 0 Å². The van der Waals surface area contributed by atoms with Crippen LogP contribution in [0.5, 0.6) is 17.2 Å². The molecule has 0 fully saturated rings. The maximum atomic E-state index is 12.2. The van der Waals surface area contributed by atoms with Crippen LogP contribution in [0.4, 0.5) is 11.4 Å². The number of hydrogen-bond donors (Lipinski definition) is 2. The highest BCUT2D eigenvalue weighted by atomic mass is 16.5. The summed E-state index contributed by atoms with van der Waals surface area (Å²) in [4.78, 5) is 36.2. The molecule has 0 aliphatic rings. The second-order valence-corrected chi connectivity index (χ2v) is 6.95. The van der Waals surface area contributed by atoms with E-state index in [0.717, 1.165) is 0 Å². The number of benzene rings is 3. The number of rotatable bonds is 10. The zero-order chi connectivity index (χ0) is 24.3. The predicted molar refractivity (Wildman–Crippen MR) is 125 cm³/mol. The van der Waals surface area contributed by atoms with Gasteiger partial charge in [-0.1, -0.05) is 6.07 Å². The molecule has 0 unspecified atom stereocenters. The molecule has 9 nitrogen and oxygen atoms in total. The van der Waals surface area contributed by atoms with Crippen LogP contribution in [-0.2, 0) is 14.3 Å². The van der Waals surface area contributed by atoms with Crippen molar-refractivity contribution in [1.82, 2.24) is 0 Å². The van der Waals surface area contributed by atoms with Crippen LogP contribution in [0, 0.1) is 0 Å². The molecule has 0 aliphatic heterocycles. The van der Waals surface area contributed by atoms with Gasteiger partial charge < -0.3 is 29.6 Å². The SMILES string of the molecule is COc1ccc(NC(=O)COC(=O)c2ccc(OCC(=O)Nc3cccc(OC)c3)cc2)cc1. The molecule has 0 saturated carbocycles. The average Bonchev–Trinajstić information content (AvgIpc) is 2.87. The predicted octanol–water partition coefficient (Wildman–Crippen LogP) is 3.52. The number of carbonyl (C=O) groups is 3. The zero-order valence-corrected chi connectivity index (χ0v) is 18.7. The molecule has 9 heteroatoms. The molecule has 0 saturated heterocycles. The van der Waals surface area contributed by atoms with Crippen LogP contribution in [0.1, 0.15) is 10.4 Å². The number of carbonyl (C=O) groups excluding carboxylic acids is 3. The van der Waals surface area contributed by atoms with Crippen molar-refractivity contribution in [3.8, 4) is 17.2 Å². The molecule has 34 heavy (non-hydrogen) atoms. The smallest absolute Gasteiger partial charge is 0.338 e. The first kappa shape index (κ1) is 24.1. The molecule has 0 aromatic heterocycles. The Morgan fingerprint density at radius 1 is 0.676 bits per heavy atom. The van der Waals surface area contributed by atoms with Crippen molar-refractivity contribution < 1.29 is 33.3 Å². The zero-order valence-electron chi connectivity index (χ0n) is 18.7. The lowest BCUT2D eigenvalue weighted by Crippen LogP contribution is -2.21. The van der Waals surface area contributed by atoms with Crippen LogP contribution in [0.2, 0.25) is 0 Å². The fourth-order valence-electron chi connectivity index (χ4n) is 2.82. The fraction of sp³-hybridized carbons (Fsp3) is 0.160. The maximum absolute atomic E-state index is 12.2. The van der Waals surface area contributed by atoms with Crippen LogP contribution >= 0.6 is 0 Å². The molecule has 3 rings (SSSR count). The summed E-state index contributed by atoms with van der Waals surface area (Å²) in [7, 11) is 3.09. The number of amides is 2. The highest BCUT2D eigenvalue weighted by Crippen LogP contribution is 2.18. The van der Waals surface area contributed by atoms with Gasteiger partial charge in [-0.2, -0.15) is 0 Å². The molecule has 3 aromatic rings. The number of nitrogens with one attached hydrogen (secondary N) is 2. The summed E-state index contributed by atoms with van der Waals surface area (Å²) in [5.74, 6) is 0.204. The standard InChI is InChI=1S/C25H24N2O7/c1-31-20-12-8-18(9-13-20)26-24(29)16-34-25(30)17-6-10-21(11-7-17)33-15-23(28)27-19-4-3-5-22(14-19)32-2/h3-14H,15-16H2,1-2H3,(H,26,29)(H,27,28). The molecule has 176 valence electrons. The van der Waals surface area contributed by atoms with Gasteiger partial charge in [0.1, 0.15) is 17.2 Å². The topological polar surface area (TPSA) is 112 Å². The Kier molecular flexibility index (Phi) is 8.45. The van der Waals surface area contributed by atoms with Gasteiger partial charge >= 0.3 is 5.97 Å². The highest BCUT2D eigenvalue weighted by Gasteiger charge is 2.11. The average molecular weight is 464 g/mol. The van der Waals surface area contributed by atoms with Crippen LogP contribution < -0.4 is 24.8 Å². The van der Waals surface area contributed by atoms with Crippen molar-refractivity contribution in [2.24, 2.45) is 0 Å². The molecule has 0 radical (unpaired) electrons.